The number of rotatable bonds is 2. The summed E-state index contributed by atoms with van der Waals surface area (Å²) in [7, 11) is 1.75. The van der Waals surface area contributed by atoms with Crippen LogP contribution >= 0.6 is 23.2 Å². The summed E-state index contributed by atoms with van der Waals surface area (Å²) in [6, 6.07) is 5.54. The summed E-state index contributed by atoms with van der Waals surface area (Å²) in [5.41, 5.74) is 0.906. The predicted molar refractivity (Wildman–Crippen MR) is 52.9 cm³/mol. The van der Waals surface area contributed by atoms with E-state index in [0.717, 1.165) is 5.56 Å². The lowest BCUT2D eigenvalue weighted by atomic mass is 10.1. The number of nitrogens with zero attached hydrogens (tertiary/aromatic N) is 1. The van der Waals surface area contributed by atoms with Crippen molar-refractivity contribution in [3.8, 4) is 0 Å². The van der Waals surface area contributed by atoms with Crippen LogP contribution in [0.25, 0.3) is 0 Å². The van der Waals surface area contributed by atoms with Gasteiger partial charge in [-0.2, -0.15) is 0 Å². The zero-order valence-corrected chi connectivity index (χ0v) is 8.52. The molecule has 12 heavy (non-hydrogen) atoms. The minimum absolute atomic E-state index is 0.0613. The van der Waals surface area contributed by atoms with Gasteiger partial charge in [0, 0.05) is 28.7 Å². The molecule has 1 aromatic carbocycles. The third-order valence-corrected chi connectivity index (χ3v) is 2.46. The molecule has 0 aliphatic heterocycles. The van der Waals surface area contributed by atoms with Crippen LogP contribution in [-0.4, -0.2) is 7.05 Å². The van der Waals surface area contributed by atoms with Crippen molar-refractivity contribution >= 4 is 23.2 Å². The molecule has 0 aromatic heterocycles. The lowest BCUT2D eigenvalue weighted by Gasteiger charge is -2.12. The van der Waals surface area contributed by atoms with E-state index < -0.39 is 0 Å². The van der Waals surface area contributed by atoms with Gasteiger partial charge in [0.05, 0.1) is 0 Å². The molecule has 1 aromatic rings. The van der Waals surface area contributed by atoms with Gasteiger partial charge in [0.25, 0.3) is 0 Å². The van der Waals surface area contributed by atoms with Gasteiger partial charge in [-0.05, 0) is 19.1 Å². The van der Waals surface area contributed by atoms with E-state index in [9.17, 15) is 0 Å². The zero-order valence-electron chi connectivity index (χ0n) is 7.01. The van der Waals surface area contributed by atoms with E-state index in [-0.39, 0.29) is 6.04 Å². The molecule has 0 saturated heterocycles. The van der Waals surface area contributed by atoms with E-state index in [0.29, 0.717) is 10.0 Å². The molecule has 0 spiro atoms. The summed E-state index contributed by atoms with van der Waals surface area (Å²) in [5.74, 6) is 0. The van der Waals surface area contributed by atoms with Crippen LogP contribution in [0, 0.1) is 0 Å². The number of hydrogen-bond donors (Lipinski definition) is 0. The molecule has 0 aliphatic carbocycles. The van der Waals surface area contributed by atoms with Crippen molar-refractivity contribution in [3.05, 3.63) is 33.8 Å². The number of halogens is 2. The first-order valence-electron chi connectivity index (χ1n) is 3.69. The summed E-state index contributed by atoms with van der Waals surface area (Å²) >= 11 is 11.9. The van der Waals surface area contributed by atoms with E-state index in [1.54, 1.807) is 7.05 Å². The Balaban J connectivity index is 3.12. The maximum Gasteiger partial charge on any atom is 0.0493 e. The molecule has 0 N–H and O–H groups in total. The summed E-state index contributed by atoms with van der Waals surface area (Å²) < 4.78 is 0. The van der Waals surface area contributed by atoms with Gasteiger partial charge in [-0.3, -0.25) is 0 Å². The van der Waals surface area contributed by atoms with Gasteiger partial charge < -0.3 is 0 Å². The van der Waals surface area contributed by atoms with Crippen LogP contribution in [0.1, 0.15) is 18.5 Å². The maximum absolute atomic E-state index is 5.96. The first kappa shape index (κ1) is 9.85. The highest BCUT2D eigenvalue weighted by atomic mass is 35.5. The van der Waals surface area contributed by atoms with Crippen molar-refractivity contribution < 1.29 is 0 Å². The van der Waals surface area contributed by atoms with Gasteiger partial charge in [-0.15, -0.1) is 0 Å². The van der Waals surface area contributed by atoms with Gasteiger partial charge in [0.2, 0.25) is 0 Å². The fourth-order valence-electron chi connectivity index (χ4n) is 1.04. The molecule has 0 bridgehead atoms. The smallest absolute Gasteiger partial charge is 0.0493 e. The average molecular weight is 203 g/mol. The van der Waals surface area contributed by atoms with Crippen molar-refractivity contribution in [3.63, 3.8) is 0 Å². The molecule has 1 atom stereocenters. The minimum Gasteiger partial charge on any atom is -0.237 e. The third-order valence-electron chi connectivity index (χ3n) is 1.80. The van der Waals surface area contributed by atoms with Crippen LogP contribution < -0.4 is 5.32 Å². The van der Waals surface area contributed by atoms with Gasteiger partial charge in [0.15, 0.2) is 0 Å². The van der Waals surface area contributed by atoms with Gasteiger partial charge in [0.1, 0.15) is 0 Å². The van der Waals surface area contributed by atoms with Crippen LogP contribution in [0.2, 0.25) is 10.0 Å². The molecule has 0 fully saturated rings. The van der Waals surface area contributed by atoms with Crippen molar-refractivity contribution in [1.82, 2.24) is 5.32 Å². The standard InChI is InChI=1S/C9H10Cl2N/c1-6(12-2)9-7(10)4-3-5-8(9)11/h3-6H,1-2H3/t6-/m1/s1. The highest BCUT2D eigenvalue weighted by Gasteiger charge is 2.11. The summed E-state index contributed by atoms with van der Waals surface area (Å²) in [6.07, 6.45) is 0. The Bertz CT molecular complexity index is 253. The Labute approximate surface area is 82.7 Å². The van der Waals surface area contributed by atoms with Crippen LogP contribution in [0.3, 0.4) is 0 Å². The molecule has 0 amide bonds. The van der Waals surface area contributed by atoms with E-state index in [4.69, 9.17) is 23.2 Å². The average Bonchev–Trinajstić information content (AvgIpc) is 2.03. The Morgan fingerprint density at radius 2 is 1.75 bits per heavy atom. The van der Waals surface area contributed by atoms with Gasteiger partial charge in [-0.25, -0.2) is 5.32 Å². The summed E-state index contributed by atoms with van der Waals surface area (Å²) in [6.45, 7) is 1.97. The SMILES string of the molecule is C[N][C@H](C)c1c(Cl)cccc1Cl. The topological polar surface area (TPSA) is 14.1 Å². The highest BCUT2D eigenvalue weighted by Crippen LogP contribution is 2.29. The second-order valence-corrected chi connectivity index (χ2v) is 3.38. The molecular formula is C9H10Cl2N. The molecule has 1 radical (unpaired) electrons. The molecule has 1 nitrogen and oxygen atoms in total. The lowest BCUT2D eigenvalue weighted by Crippen LogP contribution is -2.06. The van der Waals surface area contributed by atoms with Gasteiger partial charge in [-0.1, -0.05) is 29.3 Å². The maximum atomic E-state index is 5.96. The monoisotopic (exact) mass is 202 g/mol. The Hall–Kier alpha value is -0.240. The predicted octanol–water partition coefficient (Wildman–Crippen LogP) is 3.29. The van der Waals surface area contributed by atoms with Gasteiger partial charge >= 0.3 is 0 Å². The third kappa shape index (κ3) is 1.92. The van der Waals surface area contributed by atoms with Crippen LogP contribution in [0.4, 0.5) is 0 Å². The molecule has 0 aliphatic rings. The van der Waals surface area contributed by atoms with Crippen LogP contribution in [0.15, 0.2) is 18.2 Å². The minimum atomic E-state index is 0.0613. The quantitative estimate of drug-likeness (QED) is 0.700. The van der Waals surface area contributed by atoms with E-state index in [1.807, 2.05) is 25.1 Å². The second-order valence-electron chi connectivity index (χ2n) is 2.57. The Morgan fingerprint density at radius 1 is 1.25 bits per heavy atom. The number of hydrogen-bond acceptors (Lipinski definition) is 0. The van der Waals surface area contributed by atoms with Crippen molar-refractivity contribution in [2.24, 2.45) is 0 Å². The molecule has 0 heterocycles. The molecule has 65 valence electrons. The summed E-state index contributed by atoms with van der Waals surface area (Å²) in [5, 5.41) is 5.47. The molecule has 3 heteroatoms. The fraction of sp³-hybridized carbons (Fsp3) is 0.333. The Kier molecular flexibility index (Phi) is 3.39. The fourth-order valence-corrected chi connectivity index (χ4v) is 1.75. The highest BCUT2D eigenvalue weighted by molar-refractivity contribution is 6.36. The largest absolute Gasteiger partial charge is 0.237 e. The van der Waals surface area contributed by atoms with Crippen molar-refractivity contribution in [1.29, 1.82) is 0 Å². The molecular weight excluding hydrogens is 193 g/mol. The lowest BCUT2D eigenvalue weighted by molar-refractivity contribution is 0.639. The van der Waals surface area contributed by atoms with Crippen molar-refractivity contribution in [2.75, 3.05) is 7.05 Å². The summed E-state index contributed by atoms with van der Waals surface area (Å²) in [4.78, 5) is 0. The first-order valence-corrected chi connectivity index (χ1v) is 4.45. The normalized spacial score (nSPS) is 13.0. The first-order chi connectivity index (χ1) is 5.66. The number of benzene rings is 1. The molecule has 0 unspecified atom stereocenters. The van der Waals surface area contributed by atoms with E-state index in [2.05, 4.69) is 5.32 Å². The van der Waals surface area contributed by atoms with E-state index >= 15 is 0 Å². The van der Waals surface area contributed by atoms with Crippen LogP contribution in [-0.2, 0) is 0 Å². The van der Waals surface area contributed by atoms with Crippen molar-refractivity contribution in [2.45, 2.75) is 13.0 Å². The second kappa shape index (κ2) is 4.13. The molecule has 0 saturated carbocycles. The molecule has 1 rings (SSSR count). The Morgan fingerprint density at radius 3 is 2.17 bits per heavy atom. The van der Waals surface area contributed by atoms with Crippen LogP contribution in [0.5, 0.6) is 0 Å². The van der Waals surface area contributed by atoms with E-state index in [1.165, 1.54) is 0 Å². The zero-order chi connectivity index (χ0) is 9.14.